The third kappa shape index (κ3) is 6.17. The Hall–Kier alpha value is -2.18. The van der Waals surface area contributed by atoms with Gasteiger partial charge in [0.15, 0.2) is 0 Å². The van der Waals surface area contributed by atoms with E-state index in [9.17, 15) is 4.79 Å². The predicted molar refractivity (Wildman–Crippen MR) is 120 cm³/mol. The number of nitrogens with zero attached hydrogens (tertiary/aromatic N) is 3. The SMILES string of the molecule is CCOC(=O)c1cnn(C2CCC(CN3CCC(OCc4ccccc4)CC3)CC2)c1. The molecule has 1 saturated heterocycles. The Kier molecular flexibility index (Phi) is 7.76. The molecule has 2 aromatic rings. The lowest BCUT2D eigenvalue weighted by atomic mass is 9.85. The van der Waals surface area contributed by atoms with Gasteiger partial charge in [-0.3, -0.25) is 4.68 Å². The molecular weight excluding hydrogens is 390 g/mol. The molecule has 1 aromatic carbocycles. The summed E-state index contributed by atoms with van der Waals surface area (Å²) in [6, 6.07) is 10.9. The third-order valence-electron chi connectivity index (χ3n) is 6.68. The van der Waals surface area contributed by atoms with Crippen molar-refractivity contribution in [2.24, 2.45) is 5.92 Å². The molecule has 4 rings (SSSR count). The number of esters is 1. The zero-order valence-corrected chi connectivity index (χ0v) is 18.6. The molecule has 2 heterocycles. The maximum absolute atomic E-state index is 11.9. The molecule has 0 atom stereocenters. The monoisotopic (exact) mass is 425 g/mol. The Labute approximate surface area is 185 Å². The second-order valence-corrected chi connectivity index (χ2v) is 8.90. The van der Waals surface area contributed by atoms with Crippen LogP contribution in [0.15, 0.2) is 42.7 Å². The zero-order chi connectivity index (χ0) is 21.5. The van der Waals surface area contributed by atoms with E-state index in [-0.39, 0.29) is 5.97 Å². The van der Waals surface area contributed by atoms with Crippen molar-refractivity contribution >= 4 is 5.97 Å². The van der Waals surface area contributed by atoms with Crippen molar-refractivity contribution < 1.29 is 14.3 Å². The summed E-state index contributed by atoms with van der Waals surface area (Å²) in [5, 5.41) is 4.42. The van der Waals surface area contributed by atoms with Crippen LogP contribution in [-0.4, -0.2) is 53.0 Å². The van der Waals surface area contributed by atoms with Gasteiger partial charge in [0.2, 0.25) is 0 Å². The quantitative estimate of drug-likeness (QED) is 0.584. The second kappa shape index (κ2) is 10.9. The average Bonchev–Trinajstić information content (AvgIpc) is 3.31. The first-order valence-electron chi connectivity index (χ1n) is 11.8. The van der Waals surface area contributed by atoms with E-state index >= 15 is 0 Å². The van der Waals surface area contributed by atoms with Crippen molar-refractivity contribution in [1.29, 1.82) is 0 Å². The topological polar surface area (TPSA) is 56.6 Å². The van der Waals surface area contributed by atoms with Crippen molar-refractivity contribution in [2.75, 3.05) is 26.2 Å². The third-order valence-corrected chi connectivity index (χ3v) is 6.68. The van der Waals surface area contributed by atoms with Gasteiger partial charge in [-0.1, -0.05) is 30.3 Å². The maximum atomic E-state index is 11.9. The van der Waals surface area contributed by atoms with Crippen molar-refractivity contribution in [3.05, 3.63) is 53.9 Å². The number of carbonyl (C=O) groups is 1. The summed E-state index contributed by atoms with van der Waals surface area (Å²) in [5.74, 6) is 0.483. The Balaban J connectivity index is 1.15. The standard InChI is InChI=1S/C25H35N3O3/c1-2-30-25(29)22-16-26-28(18-22)23-10-8-20(9-11-23)17-27-14-12-24(13-15-27)31-19-21-6-4-3-5-7-21/h3-7,16,18,20,23-24H,2,8-15,17,19H2,1H3. The summed E-state index contributed by atoms with van der Waals surface area (Å²) in [6.45, 7) is 6.42. The van der Waals surface area contributed by atoms with Crippen LogP contribution >= 0.6 is 0 Å². The smallest absolute Gasteiger partial charge is 0.341 e. The lowest BCUT2D eigenvalue weighted by molar-refractivity contribution is -0.00641. The highest BCUT2D eigenvalue weighted by molar-refractivity contribution is 5.88. The molecule has 168 valence electrons. The van der Waals surface area contributed by atoms with Crippen LogP contribution in [0.4, 0.5) is 0 Å². The van der Waals surface area contributed by atoms with E-state index in [0.29, 0.717) is 24.3 Å². The van der Waals surface area contributed by atoms with Crippen LogP contribution in [-0.2, 0) is 16.1 Å². The van der Waals surface area contributed by atoms with Crippen LogP contribution in [0.5, 0.6) is 0 Å². The van der Waals surface area contributed by atoms with Crippen molar-refractivity contribution in [1.82, 2.24) is 14.7 Å². The normalized spacial score (nSPS) is 23.0. The van der Waals surface area contributed by atoms with Gasteiger partial charge in [-0.25, -0.2) is 4.79 Å². The number of aromatic nitrogens is 2. The van der Waals surface area contributed by atoms with Crippen LogP contribution in [0.1, 0.15) is 67.4 Å². The van der Waals surface area contributed by atoms with E-state index in [1.807, 2.05) is 23.9 Å². The van der Waals surface area contributed by atoms with Crippen LogP contribution < -0.4 is 0 Å². The molecule has 1 aliphatic heterocycles. The molecule has 0 unspecified atom stereocenters. The van der Waals surface area contributed by atoms with E-state index in [1.54, 1.807) is 6.20 Å². The molecule has 31 heavy (non-hydrogen) atoms. The first kappa shape index (κ1) is 22.0. The molecule has 0 radical (unpaired) electrons. The highest BCUT2D eigenvalue weighted by atomic mass is 16.5. The molecule has 1 aromatic heterocycles. The Bertz CT molecular complexity index is 806. The van der Waals surface area contributed by atoms with Gasteiger partial charge < -0.3 is 14.4 Å². The number of carbonyl (C=O) groups excluding carboxylic acids is 1. The highest BCUT2D eigenvalue weighted by Gasteiger charge is 2.27. The van der Waals surface area contributed by atoms with Crippen molar-refractivity contribution in [3.63, 3.8) is 0 Å². The van der Waals surface area contributed by atoms with Gasteiger partial charge in [-0.15, -0.1) is 0 Å². The van der Waals surface area contributed by atoms with Crippen molar-refractivity contribution in [2.45, 2.75) is 64.2 Å². The minimum Gasteiger partial charge on any atom is -0.462 e. The van der Waals surface area contributed by atoms with E-state index in [2.05, 4.69) is 34.3 Å². The lowest BCUT2D eigenvalue weighted by Gasteiger charge is -2.36. The van der Waals surface area contributed by atoms with Crippen LogP contribution in [0.3, 0.4) is 0 Å². The molecule has 6 nitrogen and oxygen atoms in total. The summed E-state index contributed by atoms with van der Waals surface area (Å²) < 4.78 is 13.2. The minimum atomic E-state index is -0.279. The summed E-state index contributed by atoms with van der Waals surface area (Å²) in [7, 11) is 0. The van der Waals surface area contributed by atoms with Gasteiger partial charge in [0.05, 0.1) is 37.1 Å². The summed E-state index contributed by atoms with van der Waals surface area (Å²) in [5.41, 5.74) is 1.81. The predicted octanol–water partition coefficient (Wildman–Crippen LogP) is 4.47. The fourth-order valence-corrected chi connectivity index (χ4v) is 4.86. The zero-order valence-electron chi connectivity index (χ0n) is 18.6. The average molecular weight is 426 g/mol. The highest BCUT2D eigenvalue weighted by Crippen LogP contribution is 2.33. The van der Waals surface area contributed by atoms with Crippen LogP contribution in [0.25, 0.3) is 0 Å². The summed E-state index contributed by atoms with van der Waals surface area (Å²) >= 11 is 0. The number of hydrogen-bond acceptors (Lipinski definition) is 5. The number of piperidine rings is 1. The molecule has 1 aliphatic carbocycles. The van der Waals surface area contributed by atoms with Crippen LogP contribution in [0, 0.1) is 5.92 Å². The number of hydrogen-bond donors (Lipinski definition) is 0. The van der Waals surface area contributed by atoms with Gasteiger partial charge in [0, 0.05) is 25.8 Å². The first-order valence-corrected chi connectivity index (χ1v) is 11.8. The number of likely N-dealkylation sites (tertiary alicyclic amines) is 1. The Morgan fingerprint density at radius 3 is 2.52 bits per heavy atom. The van der Waals surface area contributed by atoms with Crippen LogP contribution in [0.2, 0.25) is 0 Å². The fourth-order valence-electron chi connectivity index (χ4n) is 4.86. The van der Waals surface area contributed by atoms with Gasteiger partial charge in [-0.2, -0.15) is 5.10 Å². The molecule has 0 amide bonds. The molecular formula is C25H35N3O3. The van der Waals surface area contributed by atoms with E-state index in [0.717, 1.165) is 51.3 Å². The Morgan fingerprint density at radius 2 is 1.81 bits per heavy atom. The van der Waals surface area contributed by atoms with E-state index in [4.69, 9.17) is 9.47 Å². The second-order valence-electron chi connectivity index (χ2n) is 8.90. The number of rotatable bonds is 8. The van der Waals surface area contributed by atoms with Crippen molar-refractivity contribution in [3.8, 4) is 0 Å². The van der Waals surface area contributed by atoms with E-state index in [1.165, 1.54) is 24.9 Å². The molecule has 0 bridgehead atoms. The van der Waals surface area contributed by atoms with Gasteiger partial charge >= 0.3 is 5.97 Å². The van der Waals surface area contributed by atoms with E-state index < -0.39 is 0 Å². The first-order chi connectivity index (χ1) is 15.2. The minimum absolute atomic E-state index is 0.279. The molecule has 2 fully saturated rings. The molecule has 2 aliphatic rings. The summed E-state index contributed by atoms with van der Waals surface area (Å²) in [6.07, 6.45) is 10.8. The number of ether oxygens (including phenoxy) is 2. The largest absolute Gasteiger partial charge is 0.462 e. The molecule has 0 N–H and O–H groups in total. The van der Waals surface area contributed by atoms with Gasteiger partial charge in [0.25, 0.3) is 0 Å². The molecule has 6 heteroatoms. The summed E-state index contributed by atoms with van der Waals surface area (Å²) in [4.78, 5) is 14.5. The Morgan fingerprint density at radius 1 is 1.06 bits per heavy atom. The maximum Gasteiger partial charge on any atom is 0.341 e. The lowest BCUT2D eigenvalue weighted by Crippen LogP contribution is -2.40. The van der Waals surface area contributed by atoms with Gasteiger partial charge in [0.1, 0.15) is 0 Å². The molecule has 1 saturated carbocycles. The molecule has 0 spiro atoms. The number of benzene rings is 1. The fraction of sp³-hybridized carbons (Fsp3) is 0.600. The van der Waals surface area contributed by atoms with Gasteiger partial charge in [-0.05, 0) is 56.9 Å².